The van der Waals surface area contributed by atoms with Gasteiger partial charge < -0.3 is 15.0 Å². The maximum atomic E-state index is 12.1. The summed E-state index contributed by atoms with van der Waals surface area (Å²) in [5.74, 6) is 0. The molecule has 2 rings (SSSR count). The van der Waals surface area contributed by atoms with Crippen molar-refractivity contribution in [3.63, 3.8) is 0 Å². The molecule has 1 aliphatic rings. The number of rotatable bonds is 3. The van der Waals surface area contributed by atoms with Crippen molar-refractivity contribution in [2.45, 2.75) is 72.6 Å². The van der Waals surface area contributed by atoms with E-state index in [9.17, 15) is 4.79 Å². The van der Waals surface area contributed by atoms with E-state index >= 15 is 0 Å². The molecule has 6 nitrogen and oxygen atoms in total. The quantitative estimate of drug-likeness (QED) is 0.925. The number of aryl methyl sites for hydroxylation is 1. The highest BCUT2D eigenvalue weighted by Gasteiger charge is 2.30. The van der Waals surface area contributed by atoms with Crippen LogP contribution < -0.4 is 5.32 Å². The predicted molar refractivity (Wildman–Crippen MR) is 91.9 cm³/mol. The van der Waals surface area contributed by atoms with Crippen LogP contribution in [-0.4, -0.2) is 45.5 Å². The molecule has 1 aliphatic heterocycles. The summed E-state index contributed by atoms with van der Waals surface area (Å²) >= 11 is 0. The first kappa shape index (κ1) is 17.6. The van der Waals surface area contributed by atoms with Crippen molar-refractivity contribution in [1.82, 2.24) is 14.7 Å². The lowest BCUT2D eigenvalue weighted by Gasteiger charge is -2.24. The minimum atomic E-state index is -0.450. The Morgan fingerprint density at radius 1 is 1.35 bits per heavy atom. The highest BCUT2D eigenvalue weighted by Crippen LogP contribution is 2.25. The average molecular weight is 322 g/mol. The molecule has 0 aliphatic carbocycles. The van der Waals surface area contributed by atoms with Crippen LogP contribution in [0.4, 0.5) is 10.5 Å². The van der Waals surface area contributed by atoms with Gasteiger partial charge in [0.2, 0.25) is 0 Å². The second-order valence-corrected chi connectivity index (χ2v) is 7.64. The van der Waals surface area contributed by atoms with Crippen LogP contribution in [0.5, 0.6) is 0 Å². The molecule has 1 amide bonds. The van der Waals surface area contributed by atoms with Gasteiger partial charge in [-0.05, 0) is 54.9 Å². The zero-order valence-electron chi connectivity index (χ0n) is 15.4. The molecule has 0 spiro atoms. The fraction of sp³-hybridized carbons (Fsp3) is 0.765. The number of carbonyl (C=O) groups excluding carboxylic acids is 1. The first-order valence-corrected chi connectivity index (χ1v) is 8.38. The van der Waals surface area contributed by atoms with E-state index in [1.807, 2.05) is 32.4 Å². The molecule has 130 valence electrons. The fourth-order valence-electron chi connectivity index (χ4n) is 2.95. The molecule has 1 atom stereocenters. The summed E-state index contributed by atoms with van der Waals surface area (Å²) in [7, 11) is 0. The third-order valence-corrected chi connectivity index (χ3v) is 4.00. The molecular weight excluding hydrogens is 292 g/mol. The Morgan fingerprint density at radius 2 is 2.00 bits per heavy atom. The monoisotopic (exact) mass is 322 g/mol. The normalized spacial score (nSPS) is 18.6. The molecule has 23 heavy (non-hydrogen) atoms. The van der Waals surface area contributed by atoms with Gasteiger partial charge in [0.05, 0.1) is 17.1 Å². The van der Waals surface area contributed by atoms with Crippen LogP contribution >= 0.6 is 0 Å². The molecule has 1 saturated heterocycles. The molecule has 1 aromatic rings. The predicted octanol–water partition coefficient (Wildman–Crippen LogP) is 3.50. The number of aromatic nitrogens is 2. The zero-order valence-corrected chi connectivity index (χ0v) is 15.4. The SMILES string of the molecule is Cc1nn(C(C)C)c(C)c1NC1CCN(C(=O)OC(C)(C)C)C1. The number of likely N-dealkylation sites (tertiary alicyclic amines) is 1. The molecule has 1 N–H and O–H groups in total. The maximum absolute atomic E-state index is 12.1. The molecule has 0 aromatic carbocycles. The Labute approximate surface area is 139 Å². The topological polar surface area (TPSA) is 59.4 Å². The number of ether oxygens (including phenoxy) is 1. The molecule has 1 aromatic heterocycles. The van der Waals surface area contributed by atoms with Gasteiger partial charge >= 0.3 is 6.09 Å². The fourth-order valence-corrected chi connectivity index (χ4v) is 2.95. The van der Waals surface area contributed by atoms with Crippen LogP contribution in [0.25, 0.3) is 0 Å². The number of carbonyl (C=O) groups is 1. The van der Waals surface area contributed by atoms with Crippen LogP contribution in [0.1, 0.15) is 58.5 Å². The van der Waals surface area contributed by atoms with Crippen molar-refractivity contribution in [3.8, 4) is 0 Å². The minimum Gasteiger partial charge on any atom is -0.444 e. The van der Waals surface area contributed by atoms with Gasteiger partial charge in [-0.25, -0.2) is 4.79 Å². The van der Waals surface area contributed by atoms with Crippen molar-refractivity contribution >= 4 is 11.8 Å². The lowest BCUT2D eigenvalue weighted by Crippen LogP contribution is -2.36. The average Bonchev–Trinajstić information content (AvgIpc) is 2.97. The van der Waals surface area contributed by atoms with E-state index in [1.54, 1.807) is 4.90 Å². The Kier molecular flexibility index (Phi) is 4.92. The summed E-state index contributed by atoms with van der Waals surface area (Å²) < 4.78 is 7.49. The van der Waals surface area contributed by atoms with Gasteiger partial charge in [-0.3, -0.25) is 4.68 Å². The van der Waals surface area contributed by atoms with Gasteiger partial charge in [0.25, 0.3) is 0 Å². The molecule has 0 bridgehead atoms. The van der Waals surface area contributed by atoms with Gasteiger partial charge in [-0.15, -0.1) is 0 Å². The Balaban J connectivity index is 2.00. The highest BCUT2D eigenvalue weighted by atomic mass is 16.6. The smallest absolute Gasteiger partial charge is 0.410 e. The number of nitrogens with zero attached hydrogens (tertiary/aromatic N) is 3. The van der Waals surface area contributed by atoms with Gasteiger partial charge in [-0.1, -0.05) is 0 Å². The van der Waals surface area contributed by atoms with Crippen LogP contribution in [0.2, 0.25) is 0 Å². The van der Waals surface area contributed by atoms with Gasteiger partial charge in [0.1, 0.15) is 5.60 Å². The van der Waals surface area contributed by atoms with Crippen molar-refractivity contribution in [2.75, 3.05) is 18.4 Å². The van der Waals surface area contributed by atoms with Gasteiger partial charge in [-0.2, -0.15) is 5.10 Å². The lowest BCUT2D eigenvalue weighted by molar-refractivity contribution is 0.0293. The van der Waals surface area contributed by atoms with Crippen LogP contribution in [0.15, 0.2) is 0 Å². The van der Waals surface area contributed by atoms with E-state index in [2.05, 4.69) is 31.2 Å². The molecule has 0 saturated carbocycles. The highest BCUT2D eigenvalue weighted by molar-refractivity contribution is 5.68. The Hall–Kier alpha value is -1.72. The van der Waals surface area contributed by atoms with E-state index < -0.39 is 5.60 Å². The molecule has 0 radical (unpaired) electrons. The zero-order chi connectivity index (χ0) is 17.4. The summed E-state index contributed by atoms with van der Waals surface area (Å²) in [5.41, 5.74) is 2.80. The van der Waals surface area contributed by atoms with Crippen LogP contribution in [0.3, 0.4) is 0 Å². The third-order valence-electron chi connectivity index (χ3n) is 4.00. The maximum Gasteiger partial charge on any atom is 0.410 e. The number of nitrogens with one attached hydrogen (secondary N) is 1. The number of anilines is 1. The van der Waals surface area contributed by atoms with Crippen molar-refractivity contribution in [3.05, 3.63) is 11.4 Å². The third kappa shape index (κ3) is 4.18. The van der Waals surface area contributed by atoms with Crippen LogP contribution in [-0.2, 0) is 4.74 Å². The minimum absolute atomic E-state index is 0.229. The molecule has 6 heteroatoms. The van der Waals surface area contributed by atoms with Gasteiger partial charge in [0.15, 0.2) is 0 Å². The van der Waals surface area contributed by atoms with Crippen LogP contribution in [0, 0.1) is 13.8 Å². The standard InChI is InChI=1S/C17H30N4O2/c1-11(2)21-13(4)15(12(3)19-21)18-14-8-9-20(10-14)16(22)23-17(5,6)7/h11,14,18H,8-10H2,1-7H3. The summed E-state index contributed by atoms with van der Waals surface area (Å²) in [4.78, 5) is 13.9. The summed E-state index contributed by atoms with van der Waals surface area (Å²) in [5, 5.41) is 8.17. The first-order valence-electron chi connectivity index (χ1n) is 8.38. The Bertz CT molecular complexity index is 572. The lowest BCUT2D eigenvalue weighted by atomic mass is 10.2. The molecule has 1 unspecified atom stereocenters. The summed E-state index contributed by atoms with van der Waals surface area (Å²) in [6.07, 6.45) is 0.693. The number of hydrogen-bond donors (Lipinski definition) is 1. The number of amides is 1. The largest absolute Gasteiger partial charge is 0.444 e. The molecular formula is C17H30N4O2. The van der Waals surface area contributed by atoms with Crippen molar-refractivity contribution in [1.29, 1.82) is 0 Å². The van der Waals surface area contributed by atoms with Crippen molar-refractivity contribution in [2.24, 2.45) is 0 Å². The second-order valence-electron chi connectivity index (χ2n) is 7.64. The van der Waals surface area contributed by atoms with E-state index in [0.717, 1.165) is 30.0 Å². The summed E-state index contributed by atoms with van der Waals surface area (Å²) in [6.45, 7) is 15.4. The van der Waals surface area contributed by atoms with E-state index in [1.165, 1.54) is 0 Å². The summed E-state index contributed by atoms with van der Waals surface area (Å²) in [6, 6.07) is 0.579. The second kappa shape index (κ2) is 6.42. The van der Waals surface area contributed by atoms with Crippen molar-refractivity contribution < 1.29 is 9.53 Å². The van der Waals surface area contributed by atoms with Gasteiger partial charge in [0, 0.05) is 25.2 Å². The first-order chi connectivity index (χ1) is 10.6. The molecule has 1 fully saturated rings. The van der Waals surface area contributed by atoms with E-state index in [4.69, 9.17) is 4.74 Å². The molecule has 2 heterocycles. The van der Waals surface area contributed by atoms with E-state index in [-0.39, 0.29) is 12.1 Å². The Morgan fingerprint density at radius 3 is 2.52 bits per heavy atom. The number of hydrogen-bond acceptors (Lipinski definition) is 4. The van der Waals surface area contributed by atoms with E-state index in [0.29, 0.717) is 12.6 Å².